The van der Waals surface area contributed by atoms with Crippen molar-refractivity contribution in [1.82, 2.24) is 35.1 Å². The second-order valence-electron chi connectivity index (χ2n) is 8.69. The molecule has 3 rings (SSSR count). The van der Waals surface area contributed by atoms with Crippen LogP contribution in [0.15, 0.2) is 35.6 Å². The number of hydrogen-bond donors (Lipinski definition) is 6. The summed E-state index contributed by atoms with van der Waals surface area (Å²) in [7, 11) is 0. The van der Waals surface area contributed by atoms with Gasteiger partial charge in [0.15, 0.2) is 5.96 Å². The lowest BCUT2D eigenvalue weighted by Crippen LogP contribution is -2.34. The van der Waals surface area contributed by atoms with Gasteiger partial charge < -0.3 is 27.4 Å². The smallest absolute Gasteiger partial charge is 0.349 e. The summed E-state index contributed by atoms with van der Waals surface area (Å²) in [6, 6.07) is 1.89. The lowest BCUT2D eigenvalue weighted by molar-refractivity contribution is 0.102. The van der Waals surface area contributed by atoms with Gasteiger partial charge in [0.1, 0.15) is 21.4 Å². The van der Waals surface area contributed by atoms with E-state index in [0.717, 1.165) is 38.6 Å². The van der Waals surface area contributed by atoms with Crippen LogP contribution in [-0.4, -0.2) is 62.0 Å². The largest absolute Gasteiger partial charge is 0.370 e. The van der Waals surface area contributed by atoms with Crippen LogP contribution in [0.1, 0.15) is 47.5 Å². The molecule has 1 atom stereocenters. The maximum Gasteiger partial charge on any atom is 0.349 e. The summed E-state index contributed by atoms with van der Waals surface area (Å²) in [5.74, 6) is -0.229. The van der Waals surface area contributed by atoms with Crippen LogP contribution < -0.4 is 33.1 Å². The second kappa shape index (κ2) is 14.9. The summed E-state index contributed by atoms with van der Waals surface area (Å²) in [4.78, 5) is 42.5. The maximum absolute atomic E-state index is 12.8. The zero-order valence-corrected chi connectivity index (χ0v) is 22.3. The van der Waals surface area contributed by atoms with Crippen LogP contribution in [0.25, 0.3) is 10.7 Å². The molecule has 3 aromatic rings. The number of rotatable bonds is 15. The summed E-state index contributed by atoms with van der Waals surface area (Å²) in [5.41, 5.74) is 11.7. The van der Waals surface area contributed by atoms with Crippen LogP contribution in [0.5, 0.6) is 0 Å². The summed E-state index contributed by atoms with van der Waals surface area (Å²) in [5, 5.41) is 16.9. The van der Waals surface area contributed by atoms with Crippen molar-refractivity contribution < 1.29 is 4.79 Å². The average molecular weight is 542 g/mol. The fraction of sp³-hybridized carbons (Fsp3) is 0.458. The van der Waals surface area contributed by atoms with Gasteiger partial charge in [-0.25, -0.2) is 9.78 Å². The highest BCUT2D eigenvalue weighted by Gasteiger charge is 2.18. The number of thiazole rings is 1. The third-order valence-electron chi connectivity index (χ3n) is 5.71. The van der Waals surface area contributed by atoms with Crippen LogP contribution in [0.4, 0.5) is 5.82 Å². The predicted molar refractivity (Wildman–Crippen MR) is 148 cm³/mol. The lowest BCUT2D eigenvalue weighted by Gasteiger charge is -2.19. The quantitative estimate of drug-likeness (QED) is 0.0917. The average Bonchev–Trinajstić information content (AvgIpc) is 3.29. The molecule has 0 spiro atoms. The highest BCUT2D eigenvalue weighted by atomic mass is 32.1. The predicted octanol–water partition coefficient (Wildman–Crippen LogP) is 1.07. The number of anilines is 1. The molecule has 0 unspecified atom stereocenters. The molecular formula is C24H35N11O2S. The monoisotopic (exact) mass is 541 g/mol. The van der Waals surface area contributed by atoms with E-state index >= 15 is 0 Å². The Hall–Kier alpha value is -3.75. The molecule has 8 N–H and O–H groups in total. The van der Waals surface area contributed by atoms with E-state index in [1.807, 2.05) is 0 Å². The molecule has 13 nitrogen and oxygen atoms in total. The molecule has 3 heterocycles. The molecule has 38 heavy (non-hydrogen) atoms. The zero-order valence-electron chi connectivity index (χ0n) is 21.4. The molecule has 0 aliphatic carbocycles. The van der Waals surface area contributed by atoms with Gasteiger partial charge >= 0.3 is 5.69 Å². The highest BCUT2D eigenvalue weighted by molar-refractivity contribution is 7.17. The van der Waals surface area contributed by atoms with Crippen LogP contribution in [-0.2, 0) is 6.54 Å². The minimum Gasteiger partial charge on any atom is -0.370 e. The third kappa shape index (κ3) is 8.97. The van der Waals surface area contributed by atoms with E-state index in [2.05, 4.69) is 35.9 Å². The summed E-state index contributed by atoms with van der Waals surface area (Å²) in [6.07, 6.45) is 10.7. The van der Waals surface area contributed by atoms with Crippen molar-refractivity contribution in [2.45, 2.75) is 51.6 Å². The van der Waals surface area contributed by atoms with Gasteiger partial charge in [0.2, 0.25) is 0 Å². The molecular weight excluding hydrogens is 506 g/mol. The zero-order chi connectivity index (χ0) is 27.3. The van der Waals surface area contributed by atoms with Crippen LogP contribution >= 0.6 is 11.3 Å². The Morgan fingerprint density at radius 3 is 2.71 bits per heavy atom. The van der Waals surface area contributed by atoms with E-state index in [9.17, 15) is 9.59 Å². The van der Waals surface area contributed by atoms with Gasteiger partial charge in [0.25, 0.3) is 5.91 Å². The number of hydrogen-bond acceptors (Lipinski definition) is 10. The molecule has 0 saturated heterocycles. The molecule has 0 fully saturated rings. The number of guanidine groups is 1. The Morgan fingerprint density at radius 1 is 1.18 bits per heavy atom. The molecule has 3 aromatic heterocycles. The number of nitrogens with zero attached hydrogens (tertiary/aromatic N) is 5. The minimum atomic E-state index is -0.428. The first-order chi connectivity index (χ1) is 18.4. The Kier molecular flexibility index (Phi) is 11.3. The Balaban J connectivity index is 1.53. The Labute approximate surface area is 225 Å². The number of aromatic nitrogens is 5. The molecule has 204 valence electrons. The highest BCUT2D eigenvalue weighted by Crippen LogP contribution is 2.26. The molecule has 0 aromatic carbocycles. The van der Waals surface area contributed by atoms with Crippen molar-refractivity contribution in [3.05, 3.63) is 51.9 Å². The number of carbonyl (C=O) groups is 1. The van der Waals surface area contributed by atoms with Gasteiger partial charge in [-0.2, -0.15) is 4.98 Å². The van der Waals surface area contributed by atoms with Gasteiger partial charge in [-0.1, -0.05) is 0 Å². The topological polar surface area (TPSA) is 203 Å². The van der Waals surface area contributed by atoms with E-state index < -0.39 is 5.69 Å². The number of aryl methyl sites for hydroxylation is 2. The first-order valence-electron chi connectivity index (χ1n) is 12.5. The first-order valence-corrected chi connectivity index (χ1v) is 13.3. The van der Waals surface area contributed by atoms with Crippen molar-refractivity contribution in [3.8, 4) is 10.7 Å². The molecule has 14 heteroatoms. The molecule has 0 saturated carbocycles. The van der Waals surface area contributed by atoms with Gasteiger partial charge in [-0.15, -0.1) is 11.3 Å². The van der Waals surface area contributed by atoms with Crippen molar-refractivity contribution >= 4 is 29.0 Å². The number of carbonyl (C=O) groups excluding carboxylic acids is 1. The van der Waals surface area contributed by atoms with E-state index in [-0.39, 0.29) is 23.7 Å². The Morgan fingerprint density at radius 2 is 2.00 bits per heavy atom. The standard InChI is InChI=1S/C24H35N11O2S/c1-16-20(38-22(32-16)18-15-28-11-12-30-18)21(36)33-19-7-14-35(24(37)34-19)13-3-6-17(29-10-4-8-25)5-2-9-31-23(26)27/h7,11-12,14-15,17,29H,2-6,8-10,13,25H2,1H3,(H4,26,27,31)(H,33,34,36,37)/t17-/m0/s1. The molecule has 0 bridgehead atoms. The van der Waals surface area contributed by atoms with Gasteiger partial charge in [-0.05, 0) is 58.2 Å². The maximum atomic E-state index is 12.8. The van der Waals surface area contributed by atoms with Gasteiger partial charge in [0, 0.05) is 37.7 Å². The van der Waals surface area contributed by atoms with E-state index in [4.69, 9.17) is 16.9 Å². The normalized spacial score (nSPS) is 11.7. The number of amides is 1. The van der Waals surface area contributed by atoms with Crippen LogP contribution in [0.2, 0.25) is 0 Å². The third-order valence-corrected chi connectivity index (χ3v) is 6.89. The summed E-state index contributed by atoms with van der Waals surface area (Å²) >= 11 is 1.21. The van der Waals surface area contributed by atoms with Crippen molar-refractivity contribution in [3.63, 3.8) is 0 Å². The number of nitrogens with two attached hydrogens (primary N) is 2. The van der Waals surface area contributed by atoms with Gasteiger partial charge in [-0.3, -0.25) is 24.7 Å². The SMILES string of the molecule is Cc1nc(-c2cnccn2)sc1C(=O)Nc1ccn(CCC[C@H](CCCNC(=N)N)NCCCN)c(=O)n1. The molecule has 0 radical (unpaired) electrons. The van der Waals surface area contributed by atoms with Crippen LogP contribution in [0.3, 0.4) is 0 Å². The van der Waals surface area contributed by atoms with E-state index in [1.165, 1.54) is 15.9 Å². The second-order valence-corrected chi connectivity index (χ2v) is 9.68. The van der Waals surface area contributed by atoms with Crippen LogP contribution in [0, 0.1) is 12.3 Å². The van der Waals surface area contributed by atoms with E-state index in [0.29, 0.717) is 40.9 Å². The van der Waals surface area contributed by atoms with Crippen molar-refractivity contribution in [2.75, 3.05) is 25.0 Å². The molecule has 0 aliphatic rings. The lowest BCUT2D eigenvalue weighted by atomic mass is 10.1. The van der Waals surface area contributed by atoms with Crippen molar-refractivity contribution in [1.29, 1.82) is 5.41 Å². The fourth-order valence-electron chi connectivity index (χ4n) is 3.80. The van der Waals surface area contributed by atoms with Crippen molar-refractivity contribution in [2.24, 2.45) is 11.5 Å². The summed E-state index contributed by atoms with van der Waals surface area (Å²) in [6.45, 7) is 4.35. The molecule has 0 aliphatic heterocycles. The Bertz CT molecular complexity index is 1250. The van der Waals surface area contributed by atoms with E-state index in [1.54, 1.807) is 37.8 Å². The number of nitrogens with one attached hydrogen (secondary N) is 4. The summed E-state index contributed by atoms with van der Waals surface area (Å²) < 4.78 is 1.54. The fourth-order valence-corrected chi connectivity index (χ4v) is 4.73. The van der Waals surface area contributed by atoms with Gasteiger partial charge in [0.05, 0.1) is 11.9 Å². The molecule has 1 amide bonds. The first kappa shape index (κ1) is 28.8. The minimum absolute atomic E-state index is 0.0295.